The Labute approximate surface area is 201 Å². The van der Waals surface area contributed by atoms with Crippen molar-refractivity contribution in [3.05, 3.63) is 111 Å². The van der Waals surface area contributed by atoms with Gasteiger partial charge in [-0.25, -0.2) is 8.42 Å². The molecular formula is C24H23ClO4S3. The lowest BCUT2D eigenvalue weighted by molar-refractivity contribution is 0.109. The quantitative estimate of drug-likeness (QED) is 0.233. The minimum atomic E-state index is -3.62. The molecule has 168 valence electrons. The smallest absolute Gasteiger partial charge is 0.270 e. The SMILES string of the molecule is O=S(=O)(Cl)c1ccc(COCc2ccccc2)s1.c1ccc(COCc2cccs2)cc1. The van der Waals surface area contributed by atoms with Crippen LogP contribution in [0.5, 0.6) is 0 Å². The lowest BCUT2D eigenvalue weighted by Crippen LogP contribution is -1.91. The topological polar surface area (TPSA) is 52.6 Å². The summed E-state index contributed by atoms with van der Waals surface area (Å²) in [6.07, 6.45) is 0. The molecule has 0 spiro atoms. The van der Waals surface area contributed by atoms with Gasteiger partial charge in [0.2, 0.25) is 0 Å². The van der Waals surface area contributed by atoms with Crippen LogP contribution in [0.15, 0.2) is 94.5 Å². The van der Waals surface area contributed by atoms with E-state index >= 15 is 0 Å². The second-order valence-corrected chi connectivity index (χ2v) is 11.7. The summed E-state index contributed by atoms with van der Waals surface area (Å²) in [6.45, 7) is 2.29. The van der Waals surface area contributed by atoms with Gasteiger partial charge in [0.15, 0.2) is 0 Å². The molecule has 0 atom stereocenters. The summed E-state index contributed by atoms with van der Waals surface area (Å²) >= 11 is 2.86. The molecule has 0 saturated heterocycles. The molecule has 0 amide bonds. The maximum atomic E-state index is 11.1. The van der Waals surface area contributed by atoms with Crippen molar-refractivity contribution in [2.75, 3.05) is 0 Å². The van der Waals surface area contributed by atoms with Crippen molar-refractivity contribution in [1.82, 2.24) is 0 Å². The molecule has 0 N–H and O–H groups in total. The molecule has 0 bridgehead atoms. The van der Waals surface area contributed by atoms with Gasteiger partial charge >= 0.3 is 0 Å². The largest absolute Gasteiger partial charge is 0.371 e. The standard InChI is InChI=1S/C12H11ClO3S2.C12H12OS/c13-18(14,15)12-7-6-11(17-12)9-16-8-10-4-2-1-3-5-10;1-2-5-11(6-3-1)9-13-10-12-7-4-8-14-12/h1-7H,8-9H2;1-8H,9-10H2. The second-order valence-electron chi connectivity index (χ2n) is 6.69. The lowest BCUT2D eigenvalue weighted by Gasteiger charge is -2.02. The Hall–Kier alpha value is -2.00. The van der Waals surface area contributed by atoms with Crippen LogP contribution < -0.4 is 0 Å². The molecule has 4 rings (SSSR count). The first-order chi connectivity index (χ1) is 15.5. The van der Waals surface area contributed by atoms with Crippen LogP contribution in [0.1, 0.15) is 20.9 Å². The Balaban J connectivity index is 0.000000186. The number of ether oxygens (including phenoxy) is 2. The molecule has 0 fully saturated rings. The number of thiophene rings is 2. The van der Waals surface area contributed by atoms with E-state index in [0.717, 1.165) is 21.8 Å². The third-order valence-electron chi connectivity index (χ3n) is 4.17. The molecule has 0 unspecified atom stereocenters. The lowest BCUT2D eigenvalue weighted by atomic mass is 10.2. The van der Waals surface area contributed by atoms with Gasteiger partial charge in [-0.3, -0.25) is 0 Å². The molecule has 0 radical (unpaired) electrons. The first kappa shape index (κ1) is 24.6. The predicted octanol–water partition coefficient (Wildman–Crippen LogP) is 6.86. The first-order valence-electron chi connectivity index (χ1n) is 9.80. The van der Waals surface area contributed by atoms with E-state index in [9.17, 15) is 8.42 Å². The zero-order valence-corrected chi connectivity index (χ0v) is 20.4. The van der Waals surface area contributed by atoms with Gasteiger partial charge < -0.3 is 9.47 Å². The summed E-state index contributed by atoms with van der Waals surface area (Å²) in [5.74, 6) is 0. The summed E-state index contributed by atoms with van der Waals surface area (Å²) in [4.78, 5) is 2.12. The van der Waals surface area contributed by atoms with Gasteiger partial charge in [0.25, 0.3) is 9.05 Å². The van der Waals surface area contributed by atoms with Crippen molar-refractivity contribution in [3.8, 4) is 0 Å². The number of hydrogen-bond acceptors (Lipinski definition) is 6. The maximum absolute atomic E-state index is 11.1. The van der Waals surface area contributed by atoms with Crippen LogP contribution in [0.25, 0.3) is 0 Å². The van der Waals surface area contributed by atoms with E-state index in [-0.39, 0.29) is 4.21 Å². The Morgan fingerprint density at radius 3 is 1.69 bits per heavy atom. The molecule has 0 aliphatic heterocycles. The van der Waals surface area contributed by atoms with E-state index < -0.39 is 9.05 Å². The van der Waals surface area contributed by atoms with Gasteiger partial charge in [0, 0.05) is 20.4 Å². The Morgan fingerprint density at radius 2 is 1.22 bits per heavy atom. The molecule has 0 aliphatic carbocycles. The highest BCUT2D eigenvalue weighted by atomic mass is 35.7. The highest BCUT2D eigenvalue weighted by molar-refractivity contribution is 8.15. The molecule has 0 aliphatic rings. The Morgan fingerprint density at radius 1 is 0.656 bits per heavy atom. The minimum absolute atomic E-state index is 0.155. The van der Waals surface area contributed by atoms with Crippen molar-refractivity contribution in [1.29, 1.82) is 0 Å². The van der Waals surface area contributed by atoms with Crippen molar-refractivity contribution in [3.63, 3.8) is 0 Å². The average molecular weight is 507 g/mol. The molecule has 2 aromatic heterocycles. The van der Waals surface area contributed by atoms with Crippen LogP contribution >= 0.6 is 33.4 Å². The monoisotopic (exact) mass is 506 g/mol. The molecule has 2 heterocycles. The van der Waals surface area contributed by atoms with E-state index in [1.54, 1.807) is 17.4 Å². The number of hydrogen-bond donors (Lipinski definition) is 0. The Kier molecular flexibility index (Phi) is 9.92. The number of rotatable bonds is 9. The normalized spacial score (nSPS) is 11.0. The van der Waals surface area contributed by atoms with Gasteiger partial charge in [-0.15, -0.1) is 22.7 Å². The molecule has 2 aromatic carbocycles. The predicted molar refractivity (Wildman–Crippen MR) is 132 cm³/mol. The van der Waals surface area contributed by atoms with Crippen LogP contribution in [0.3, 0.4) is 0 Å². The zero-order chi connectivity index (χ0) is 22.7. The summed E-state index contributed by atoms with van der Waals surface area (Å²) in [5.41, 5.74) is 2.31. The van der Waals surface area contributed by atoms with Crippen LogP contribution in [-0.4, -0.2) is 8.42 Å². The van der Waals surface area contributed by atoms with E-state index in [4.69, 9.17) is 20.2 Å². The van der Waals surface area contributed by atoms with Gasteiger partial charge in [-0.1, -0.05) is 66.7 Å². The fraction of sp³-hybridized carbons (Fsp3) is 0.167. The van der Waals surface area contributed by atoms with Crippen LogP contribution in [0, 0.1) is 0 Å². The fourth-order valence-corrected chi connectivity index (χ4v) is 5.35. The minimum Gasteiger partial charge on any atom is -0.371 e. The van der Waals surface area contributed by atoms with Crippen LogP contribution in [-0.2, 0) is 45.0 Å². The average Bonchev–Trinajstić information content (AvgIpc) is 3.48. The number of halogens is 1. The maximum Gasteiger partial charge on any atom is 0.270 e. The van der Waals surface area contributed by atoms with Crippen molar-refractivity contribution < 1.29 is 17.9 Å². The van der Waals surface area contributed by atoms with Crippen molar-refractivity contribution >= 4 is 42.4 Å². The van der Waals surface area contributed by atoms with E-state index in [1.807, 2.05) is 54.6 Å². The summed E-state index contributed by atoms with van der Waals surface area (Å²) < 4.78 is 33.4. The Bertz CT molecular complexity index is 1140. The summed E-state index contributed by atoms with van der Waals surface area (Å²) in [6, 6.07) is 27.4. The van der Waals surface area contributed by atoms with E-state index in [2.05, 4.69) is 23.6 Å². The van der Waals surface area contributed by atoms with E-state index in [1.165, 1.54) is 16.5 Å². The van der Waals surface area contributed by atoms with Gasteiger partial charge in [-0.2, -0.15) is 0 Å². The molecule has 4 nitrogen and oxygen atoms in total. The summed E-state index contributed by atoms with van der Waals surface area (Å²) in [7, 11) is 1.62. The van der Waals surface area contributed by atoms with Gasteiger partial charge in [-0.05, 0) is 34.7 Å². The third-order valence-corrected chi connectivity index (χ3v) is 8.17. The van der Waals surface area contributed by atoms with Crippen molar-refractivity contribution in [2.24, 2.45) is 0 Å². The van der Waals surface area contributed by atoms with E-state index in [0.29, 0.717) is 26.4 Å². The second kappa shape index (κ2) is 12.9. The highest BCUT2D eigenvalue weighted by Crippen LogP contribution is 2.25. The molecule has 32 heavy (non-hydrogen) atoms. The third kappa shape index (κ3) is 8.86. The van der Waals surface area contributed by atoms with Crippen molar-refractivity contribution in [2.45, 2.75) is 30.6 Å². The molecular weight excluding hydrogens is 484 g/mol. The summed E-state index contributed by atoms with van der Waals surface area (Å²) in [5, 5.41) is 2.07. The van der Waals surface area contributed by atoms with Gasteiger partial charge in [0.05, 0.1) is 26.4 Å². The zero-order valence-electron chi connectivity index (χ0n) is 17.2. The molecule has 4 aromatic rings. The van der Waals surface area contributed by atoms with Crippen LogP contribution in [0.2, 0.25) is 0 Å². The molecule has 0 saturated carbocycles. The van der Waals surface area contributed by atoms with Crippen LogP contribution in [0.4, 0.5) is 0 Å². The van der Waals surface area contributed by atoms with Gasteiger partial charge in [0.1, 0.15) is 4.21 Å². The number of benzene rings is 2. The molecule has 8 heteroatoms. The fourth-order valence-electron chi connectivity index (χ4n) is 2.65. The first-order valence-corrected chi connectivity index (χ1v) is 13.8. The highest BCUT2D eigenvalue weighted by Gasteiger charge is 2.12.